The van der Waals surface area contributed by atoms with E-state index in [1.54, 1.807) is 12.4 Å². The number of aromatic nitrogens is 1. The van der Waals surface area contributed by atoms with Crippen LogP contribution in [0.1, 0.15) is 27.0 Å². The summed E-state index contributed by atoms with van der Waals surface area (Å²) in [7, 11) is 4.10. The highest BCUT2D eigenvalue weighted by molar-refractivity contribution is 5.94. The Balaban J connectivity index is 0.000000241. The largest absolute Gasteiger partial charge is 0.345 e. The molecular weight excluding hydrogens is 438 g/mol. The maximum atomic E-state index is 12.5. The zero-order chi connectivity index (χ0) is 25.4. The third kappa shape index (κ3) is 6.90. The maximum absolute atomic E-state index is 12.5. The molecule has 2 heterocycles. The van der Waals surface area contributed by atoms with Crippen LogP contribution in [0.3, 0.4) is 0 Å². The summed E-state index contributed by atoms with van der Waals surface area (Å²) < 4.78 is 0. The van der Waals surface area contributed by atoms with Crippen molar-refractivity contribution in [1.82, 2.24) is 14.8 Å². The summed E-state index contributed by atoms with van der Waals surface area (Å²) in [6, 6.07) is 15.8. The lowest BCUT2D eigenvalue weighted by molar-refractivity contribution is -0.105. The van der Waals surface area contributed by atoms with E-state index >= 15 is 0 Å². The Hall–Kier alpha value is -3.71. The second-order valence-corrected chi connectivity index (χ2v) is 8.92. The Morgan fingerprint density at radius 2 is 1.46 bits per heavy atom. The molecule has 1 N–H and O–H groups in total. The molecular formula is C28H35N5O2. The molecule has 0 saturated carbocycles. The number of rotatable bonds is 5. The second-order valence-electron chi connectivity index (χ2n) is 8.92. The molecule has 0 atom stereocenters. The molecule has 0 bridgehead atoms. The van der Waals surface area contributed by atoms with E-state index in [-0.39, 0.29) is 5.91 Å². The Morgan fingerprint density at radius 3 is 2.06 bits per heavy atom. The number of amides is 2. The first kappa shape index (κ1) is 25.9. The highest BCUT2D eigenvalue weighted by atomic mass is 16.2. The average Bonchev–Trinajstić information content (AvgIpc) is 2.88. The lowest BCUT2D eigenvalue weighted by atomic mass is 10.1. The van der Waals surface area contributed by atoms with Crippen LogP contribution >= 0.6 is 0 Å². The first-order valence-corrected chi connectivity index (χ1v) is 11.8. The molecule has 0 radical (unpaired) electrons. The first-order valence-electron chi connectivity index (χ1n) is 11.8. The van der Waals surface area contributed by atoms with Crippen molar-refractivity contribution in [2.45, 2.75) is 20.8 Å². The summed E-state index contributed by atoms with van der Waals surface area (Å²) in [6.07, 6.45) is 4.26. The van der Waals surface area contributed by atoms with E-state index in [1.807, 2.05) is 68.3 Å². The number of nitrogens with one attached hydrogen (secondary N) is 1. The molecule has 4 rings (SSSR count). The highest BCUT2D eigenvalue weighted by Gasteiger charge is 2.20. The van der Waals surface area contributed by atoms with Gasteiger partial charge in [0.1, 0.15) is 0 Å². The van der Waals surface area contributed by atoms with Gasteiger partial charge in [-0.05, 0) is 87.0 Å². The van der Waals surface area contributed by atoms with Crippen LogP contribution in [-0.4, -0.2) is 67.4 Å². The first-order chi connectivity index (χ1) is 16.8. The van der Waals surface area contributed by atoms with E-state index in [9.17, 15) is 9.59 Å². The van der Waals surface area contributed by atoms with Gasteiger partial charge in [-0.25, -0.2) is 0 Å². The van der Waals surface area contributed by atoms with Gasteiger partial charge in [-0.2, -0.15) is 0 Å². The number of carbonyl (C=O) groups is 2. The number of anilines is 3. The lowest BCUT2D eigenvalue weighted by Gasteiger charge is -2.32. The van der Waals surface area contributed by atoms with E-state index in [4.69, 9.17) is 0 Å². The minimum atomic E-state index is 0.121. The summed E-state index contributed by atoms with van der Waals surface area (Å²) in [5, 5.41) is 2.66. The molecule has 0 aliphatic carbocycles. The van der Waals surface area contributed by atoms with Crippen LogP contribution in [0, 0.1) is 20.8 Å². The Kier molecular flexibility index (Phi) is 8.98. The fraction of sp³-hybridized carbons (Fsp3) is 0.321. The Morgan fingerprint density at radius 1 is 0.886 bits per heavy atom. The van der Waals surface area contributed by atoms with Crippen molar-refractivity contribution >= 4 is 29.4 Å². The van der Waals surface area contributed by atoms with Gasteiger partial charge in [0.05, 0.1) is 0 Å². The molecule has 7 nitrogen and oxygen atoms in total. The predicted octanol–water partition coefficient (Wildman–Crippen LogP) is 4.42. The van der Waals surface area contributed by atoms with Crippen molar-refractivity contribution in [2.75, 3.05) is 50.5 Å². The molecule has 1 aromatic heterocycles. The summed E-state index contributed by atoms with van der Waals surface area (Å²) in [4.78, 5) is 33.0. The number of nitrogens with zero attached hydrogens (tertiary/aromatic N) is 4. The van der Waals surface area contributed by atoms with Crippen molar-refractivity contribution in [3.05, 3.63) is 83.2 Å². The fourth-order valence-electron chi connectivity index (χ4n) is 3.92. The number of hydrogen-bond donors (Lipinski definition) is 1. The van der Waals surface area contributed by atoms with E-state index in [0.29, 0.717) is 6.41 Å². The van der Waals surface area contributed by atoms with Crippen LogP contribution in [0.2, 0.25) is 0 Å². The van der Waals surface area contributed by atoms with E-state index < -0.39 is 0 Å². The van der Waals surface area contributed by atoms with E-state index in [1.165, 1.54) is 11.1 Å². The Bertz CT molecular complexity index is 1120. The van der Waals surface area contributed by atoms with Crippen LogP contribution < -0.4 is 10.2 Å². The zero-order valence-electron chi connectivity index (χ0n) is 21.3. The third-order valence-electron chi connectivity index (χ3n) is 6.40. The molecule has 1 saturated heterocycles. The quantitative estimate of drug-likeness (QED) is 0.556. The molecule has 0 unspecified atom stereocenters. The number of piperazine rings is 1. The number of benzene rings is 2. The number of aryl methyl sites for hydroxylation is 3. The van der Waals surface area contributed by atoms with Crippen molar-refractivity contribution in [1.29, 1.82) is 0 Å². The van der Waals surface area contributed by atoms with Crippen LogP contribution in [0.25, 0.3) is 0 Å². The van der Waals surface area contributed by atoms with E-state index in [0.717, 1.165) is 54.4 Å². The standard InChI is InChI=1S/C18H22N4O.C10H13NO/c1-20-11-13-22(14-12-20)18(23)15-3-5-16(6-4-15)21(2)17-7-9-19-10-8-17;1-7-4-9(3)10(11-6-12)5-8(7)2/h3-10H,11-14H2,1-2H3;4-6H,1-3H3,(H,11,12). The van der Waals surface area contributed by atoms with Gasteiger partial charge in [0.15, 0.2) is 0 Å². The minimum absolute atomic E-state index is 0.121. The topological polar surface area (TPSA) is 68.8 Å². The molecule has 1 aliphatic heterocycles. The fourth-order valence-corrected chi connectivity index (χ4v) is 3.92. The molecule has 7 heteroatoms. The van der Waals surface area contributed by atoms with Crippen molar-refractivity contribution in [3.63, 3.8) is 0 Å². The van der Waals surface area contributed by atoms with E-state index in [2.05, 4.69) is 40.1 Å². The second kappa shape index (κ2) is 12.1. The molecule has 2 aromatic carbocycles. The van der Waals surface area contributed by atoms with Gasteiger partial charge < -0.3 is 20.0 Å². The lowest BCUT2D eigenvalue weighted by Crippen LogP contribution is -2.47. The van der Waals surface area contributed by atoms with Crippen LogP contribution in [-0.2, 0) is 4.79 Å². The van der Waals surface area contributed by atoms with Crippen LogP contribution in [0.15, 0.2) is 60.9 Å². The minimum Gasteiger partial charge on any atom is -0.345 e. The maximum Gasteiger partial charge on any atom is 0.253 e. The third-order valence-corrected chi connectivity index (χ3v) is 6.40. The zero-order valence-corrected chi connectivity index (χ0v) is 21.3. The number of likely N-dealkylation sites (N-methyl/N-ethyl adjacent to an activating group) is 1. The van der Waals surface area contributed by atoms with Crippen LogP contribution in [0.5, 0.6) is 0 Å². The molecule has 2 amide bonds. The van der Waals surface area contributed by atoms with Gasteiger partial charge in [0, 0.05) is 68.2 Å². The molecule has 1 aliphatic rings. The van der Waals surface area contributed by atoms with Gasteiger partial charge in [0.2, 0.25) is 6.41 Å². The molecule has 0 spiro atoms. The normalized spacial score (nSPS) is 13.5. The Labute approximate surface area is 208 Å². The number of pyridine rings is 1. The monoisotopic (exact) mass is 473 g/mol. The van der Waals surface area contributed by atoms with Gasteiger partial charge in [-0.1, -0.05) is 6.07 Å². The summed E-state index contributed by atoms with van der Waals surface area (Å²) in [5.41, 5.74) is 7.32. The van der Waals surface area contributed by atoms with Gasteiger partial charge in [-0.15, -0.1) is 0 Å². The smallest absolute Gasteiger partial charge is 0.253 e. The van der Waals surface area contributed by atoms with Crippen molar-refractivity contribution in [2.24, 2.45) is 0 Å². The molecule has 35 heavy (non-hydrogen) atoms. The predicted molar refractivity (Wildman–Crippen MR) is 142 cm³/mol. The summed E-state index contributed by atoms with van der Waals surface area (Å²) in [5.74, 6) is 0.121. The van der Waals surface area contributed by atoms with Gasteiger partial charge in [-0.3, -0.25) is 14.6 Å². The van der Waals surface area contributed by atoms with Gasteiger partial charge in [0.25, 0.3) is 5.91 Å². The van der Waals surface area contributed by atoms with Crippen molar-refractivity contribution in [3.8, 4) is 0 Å². The molecule has 3 aromatic rings. The number of carbonyl (C=O) groups excluding carboxylic acids is 2. The SMILES string of the molecule is CN1CCN(C(=O)c2ccc(N(C)c3ccncc3)cc2)CC1.Cc1cc(C)c(NC=O)cc1C. The average molecular weight is 474 g/mol. The number of hydrogen-bond acceptors (Lipinski definition) is 5. The molecule has 1 fully saturated rings. The summed E-state index contributed by atoms with van der Waals surface area (Å²) >= 11 is 0. The van der Waals surface area contributed by atoms with Crippen molar-refractivity contribution < 1.29 is 9.59 Å². The van der Waals surface area contributed by atoms with Gasteiger partial charge >= 0.3 is 0 Å². The highest BCUT2D eigenvalue weighted by Crippen LogP contribution is 2.23. The van der Waals surface area contributed by atoms with Crippen LogP contribution in [0.4, 0.5) is 17.1 Å². The summed E-state index contributed by atoms with van der Waals surface area (Å²) in [6.45, 7) is 9.56. The molecule has 184 valence electrons.